The Balaban J connectivity index is 0. The SMILES string of the molecule is Sc1cc(I)c(I)cc1I.[H-].[Na+]. The van der Waals surface area contributed by atoms with E-state index in [0.29, 0.717) is 0 Å². The summed E-state index contributed by atoms with van der Waals surface area (Å²) in [6.45, 7) is 0. The van der Waals surface area contributed by atoms with Gasteiger partial charge in [0, 0.05) is 15.6 Å². The molecule has 56 valence electrons. The van der Waals surface area contributed by atoms with Crippen molar-refractivity contribution in [2.24, 2.45) is 0 Å². The molecule has 0 aliphatic rings. The molecule has 11 heavy (non-hydrogen) atoms. The van der Waals surface area contributed by atoms with Gasteiger partial charge in [-0.25, -0.2) is 0 Å². The van der Waals surface area contributed by atoms with Crippen LogP contribution in [0.1, 0.15) is 1.43 Å². The van der Waals surface area contributed by atoms with Crippen LogP contribution in [0.5, 0.6) is 0 Å². The van der Waals surface area contributed by atoms with Crippen LogP contribution in [-0.4, -0.2) is 0 Å². The Kier molecular flexibility index (Phi) is 7.86. The summed E-state index contributed by atoms with van der Waals surface area (Å²) in [6.07, 6.45) is 0. The van der Waals surface area contributed by atoms with E-state index in [9.17, 15) is 0 Å². The fourth-order valence-electron chi connectivity index (χ4n) is 0.512. The Bertz CT molecular complexity index is 219. The molecular weight excluding hydrogens is 508 g/mol. The van der Waals surface area contributed by atoms with Crippen LogP contribution in [0.2, 0.25) is 0 Å². The molecule has 0 aliphatic carbocycles. The van der Waals surface area contributed by atoms with Gasteiger partial charge < -0.3 is 1.43 Å². The molecule has 0 fully saturated rings. The van der Waals surface area contributed by atoms with Crippen LogP contribution in [-0.2, 0) is 0 Å². The van der Waals surface area contributed by atoms with E-state index in [1.807, 2.05) is 0 Å². The fourth-order valence-corrected chi connectivity index (χ4v) is 2.95. The average Bonchev–Trinajstić information content (AvgIpc) is 1.84. The topological polar surface area (TPSA) is 0 Å². The molecule has 0 bridgehead atoms. The van der Waals surface area contributed by atoms with Crippen molar-refractivity contribution >= 4 is 80.4 Å². The predicted octanol–water partition coefficient (Wildman–Crippen LogP) is 0.906. The zero-order valence-electron chi connectivity index (χ0n) is 6.74. The number of thiol groups is 1. The van der Waals surface area contributed by atoms with Gasteiger partial charge in [-0.2, -0.15) is 0 Å². The van der Waals surface area contributed by atoms with Gasteiger partial charge in [0.25, 0.3) is 0 Å². The summed E-state index contributed by atoms with van der Waals surface area (Å²) in [4.78, 5) is 1.06. The third kappa shape index (κ3) is 4.20. The molecule has 0 aromatic heterocycles. The summed E-state index contributed by atoms with van der Waals surface area (Å²) in [5.74, 6) is 0. The summed E-state index contributed by atoms with van der Waals surface area (Å²) in [5, 5.41) is 0. The number of halogens is 3. The van der Waals surface area contributed by atoms with Gasteiger partial charge >= 0.3 is 29.6 Å². The van der Waals surface area contributed by atoms with Crippen molar-refractivity contribution < 1.29 is 31.0 Å². The molecule has 0 aliphatic heterocycles. The van der Waals surface area contributed by atoms with Crippen LogP contribution in [0.15, 0.2) is 17.0 Å². The van der Waals surface area contributed by atoms with Crippen molar-refractivity contribution in [1.29, 1.82) is 0 Å². The second-order valence-corrected chi connectivity index (χ2v) is 5.69. The van der Waals surface area contributed by atoms with Crippen LogP contribution < -0.4 is 29.6 Å². The first-order chi connectivity index (χ1) is 4.61. The van der Waals surface area contributed by atoms with Gasteiger partial charge in [0.2, 0.25) is 0 Å². The maximum atomic E-state index is 4.30. The molecule has 0 radical (unpaired) electrons. The van der Waals surface area contributed by atoms with Gasteiger partial charge in [-0.1, -0.05) is 0 Å². The van der Waals surface area contributed by atoms with E-state index in [0.717, 1.165) is 4.90 Å². The first-order valence-corrected chi connectivity index (χ1v) is 6.13. The van der Waals surface area contributed by atoms with Crippen molar-refractivity contribution in [2.75, 3.05) is 0 Å². The van der Waals surface area contributed by atoms with E-state index in [1.54, 1.807) is 0 Å². The van der Waals surface area contributed by atoms with Crippen molar-refractivity contribution in [1.82, 2.24) is 0 Å². The van der Waals surface area contributed by atoms with Gasteiger partial charge in [-0.05, 0) is 79.9 Å². The van der Waals surface area contributed by atoms with Crippen molar-refractivity contribution in [2.45, 2.75) is 4.90 Å². The van der Waals surface area contributed by atoms with Gasteiger partial charge in [-0.3, -0.25) is 0 Å². The monoisotopic (exact) mass is 512 g/mol. The maximum absolute atomic E-state index is 4.30. The Hall–Kier alpha value is 2.76. The van der Waals surface area contributed by atoms with E-state index in [4.69, 9.17) is 0 Å². The molecule has 5 heteroatoms. The van der Waals surface area contributed by atoms with E-state index >= 15 is 0 Å². The van der Waals surface area contributed by atoms with Crippen molar-refractivity contribution in [3.8, 4) is 0 Å². The summed E-state index contributed by atoms with van der Waals surface area (Å²) < 4.78 is 3.77. The van der Waals surface area contributed by atoms with Crippen LogP contribution in [0.25, 0.3) is 0 Å². The second kappa shape index (κ2) is 6.28. The first-order valence-electron chi connectivity index (χ1n) is 2.45. The molecule has 0 unspecified atom stereocenters. The fraction of sp³-hybridized carbons (Fsp3) is 0. The minimum absolute atomic E-state index is 0. The van der Waals surface area contributed by atoms with E-state index in [1.165, 1.54) is 10.7 Å². The number of hydrogen-bond donors (Lipinski definition) is 1. The van der Waals surface area contributed by atoms with Crippen LogP contribution in [0.4, 0.5) is 0 Å². The molecule has 0 N–H and O–H groups in total. The Morgan fingerprint density at radius 1 is 1.00 bits per heavy atom. The van der Waals surface area contributed by atoms with Crippen molar-refractivity contribution in [3.63, 3.8) is 0 Å². The molecule has 1 aromatic carbocycles. The molecular formula is C6H4I3NaS. The van der Waals surface area contributed by atoms with Crippen molar-refractivity contribution in [3.05, 3.63) is 22.8 Å². The van der Waals surface area contributed by atoms with Gasteiger partial charge in [0.1, 0.15) is 0 Å². The van der Waals surface area contributed by atoms with Gasteiger partial charge in [-0.15, -0.1) is 12.6 Å². The molecule has 1 aromatic rings. The number of benzene rings is 1. The predicted molar refractivity (Wildman–Crippen MR) is 73.0 cm³/mol. The Morgan fingerprint density at radius 2 is 1.45 bits per heavy atom. The molecule has 0 amide bonds. The minimum Gasteiger partial charge on any atom is -1.00 e. The van der Waals surface area contributed by atoms with Crippen LogP contribution in [0, 0.1) is 10.7 Å². The molecule has 1 rings (SSSR count). The Morgan fingerprint density at radius 3 is 1.91 bits per heavy atom. The maximum Gasteiger partial charge on any atom is 1.00 e. The molecule has 0 nitrogen and oxygen atoms in total. The zero-order valence-corrected chi connectivity index (χ0v) is 15.1. The molecule has 0 spiro atoms. The summed E-state index contributed by atoms with van der Waals surface area (Å²) in [6, 6.07) is 4.21. The molecule has 0 heterocycles. The standard InChI is InChI=1S/C6H3I3S.Na.H/c7-3-1-5(9)6(10)2-4(3)8;;/h1-2,10H;;/q;+1;-1. The second-order valence-electron chi connectivity index (χ2n) is 1.72. The smallest absolute Gasteiger partial charge is 1.00 e. The van der Waals surface area contributed by atoms with Gasteiger partial charge in [0.15, 0.2) is 0 Å². The summed E-state index contributed by atoms with van der Waals surface area (Å²) >= 11 is 11.2. The normalized spacial score (nSPS) is 9.09. The summed E-state index contributed by atoms with van der Waals surface area (Å²) in [5.41, 5.74) is 0. The minimum atomic E-state index is 0. The number of rotatable bonds is 0. The molecule has 0 saturated heterocycles. The molecule has 0 atom stereocenters. The zero-order chi connectivity index (χ0) is 7.72. The Labute approximate surface area is 136 Å². The van der Waals surface area contributed by atoms with Crippen LogP contribution in [0.3, 0.4) is 0 Å². The summed E-state index contributed by atoms with van der Waals surface area (Å²) in [7, 11) is 0. The largest absolute Gasteiger partial charge is 1.00 e. The third-order valence-corrected chi connectivity index (χ3v) is 5.50. The molecule has 0 saturated carbocycles. The van der Waals surface area contributed by atoms with E-state index in [2.05, 4.69) is 92.5 Å². The first kappa shape index (κ1) is 13.8. The van der Waals surface area contributed by atoms with E-state index in [-0.39, 0.29) is 31.0 Å². The quantitative estimate of drug-likeness (QED) is 0.228. The number of hydrogen-bond acceptors (Lipinski definition) is 1. The average molecular weight is 512 g/mol. The van der Waals surface area contributed by atoms with Crippen LogP contribution >= 0.6 is 80.4 Å². The third-order valence-electron chi connectivity index (χ3n) is 0.990. The van der Waals surface area contributed by atoms with E-state index < -0.39 is 0 Å². The van der Waals surface area contributed by atoms with Gasteiger partial charge in [0.05, 0.1) is 0 Å².